The zero-order chi connectivity index (χ0) is 11.3. The molecule has 15 heavy (non-hydrogen) atoms. The maximum absolute atomic E-state index is 11.1. The zero-order valence-electron chi connectivity index (χ0n) is 9.23. The second kappa shape index (κ2) is 5.51. The Morgan fingerprint density at radius 3 is 2.80 bits per heavy atom. The van der Waals surface area contributed by atoms with E-state index in [-0.39, 0.29) is 5.91 Å². The van der Waals surface area contributed by atoms with Crippen LogP contribution in [0.4, 0.5) is 0 Å². The molecule has 0 atom stereocenters. The molecule has 0 aliphatic heterocycles. The number of benzene rings is 1. The molecule has 0 saturated carbocycles. The average Bonchev–Trinajstić information content (AvgIpc) is 2.25. The molecule has 0 aliphatic rings. The van der Waals surface area contributed by atoms with E-state index in [1.165, 1.54) is 11.1 Å². The van der Waals surface area contributed by atoms with Crippen LogP contribution in [0, 0.1) is 6.92 Å². The molecular weight excluding hydrogens is 190 g/mol. The molecule has 0 spiro atoms. The minimum atomic E-state index is -0.412. The van der Waals surface area contributed by atoms with Gasteiger partial charge in [0, 0.05) is 13.6 Å². The standard InChI is InChI=1S/C12H17NO2/c1-10-4-3-5-11(8-10)6-7-13(2)12(15)9-14/h3-5,8,14H,6-7,9H2,1-2H3. The minimum absolute atomic E-state index is 0.234. The third-order valence-electron chi connectivity index (χ3n) is 2.38. The Morgan fingerprint density at radius 2 is 2.20 bits per heavy atom. The number of aryl methyl sites for hydroxylation is 1. The Morgan fingerprint density at radius 1 is 1.47 bits per heavy atom. The molecular formula is C12H17NO2. The molecule has 1 rings (SSSR count). The van der Waals surface area contributed by atoms with Gasteiger partial charge in [0.15, 0.2) is 0 Å². The largest absolute Gasteiger partial charge is 0.387 e. The lowest BCUT2D eigenvalue weighted by Crippen LogP contribution is -2.31. The monoisotopic (exact) mass is 207 g/mol. The summed E-state index contributed by atoms with van der Waals surface area (Å²) in [5, 5.41) is 8.66. The van der Waals surface area contributed by atoms with Crippen molar-refractivity contribution in [3.05, 3.63) is 35.4 Å². The molecule has 1 N–H and O–H groups in total. The second-order valence-electron chi connectivity index (χ2n) is 3.71. The fourth-order valence-corrected chi connectivity index (χ4v) is 1.41. The first-order valence-corrected chi connectivity index (χ1v) is 5.04. The fourth-order valence-electron chi connectivity index (χ4n) is 1.41. The summed E-state index contributed by atoms with van der Waals surface area (Å²) in [5.41, 5.74) is 2.44. The van der Waals surface area contributed by atoms with Gasteiger partial charge in [-0.3, -0.25) is 4.79 Å². The quantitative estimate of drug-likeness (QED) is 0.799. The second-order valence-corrected chi connectivity index (χ2v) is 3.71. The lowest BCUT2D eigenvalue weighted by Gasteiger charge is -2.15. The van der Waals surface area contributed by atoms with Gasteiger partial charge in [0.1, 0.15) is 6.61 Å². The lowest BCUT2D eigenvalue weighted by atomic mass is 10.1. The Bertz CT molecular complexity index is 336. The van der Waals surface area contributed by atoms with E-state index in [1.807, 2.05) is 25.1 Å². The van der Waals surface area contributed by atoms with E-state index in [9.17, 15) is 4.79 Å². The number of carbonyl (C=O) groups is 1. The Kier molecular flexibility index (Phi) is 4.31. The third kappa shape index (κ3) is 3.72. The molecule has 3 nitrogen and oxygen atoms in total. The lowest BCUT2D eigenvalue weighted by molar-refractivity contribution is -0.132. The summed E-state index contributed by atoms with van der Waals surface area (Å²) in [6.45, 7) is 2.28. The summed E-state index contributed by atoms with van der Waals surface area (Å²) >= 11 is 0. The molecule has 82 valence electrons. The molecule has 0 bridgehead atoms. The molecule has 0 unspecified atom stereocenters. The summed E-state index contributed by atoms with van der Waals surface area (Å²) in [6, 6.07) is 8.21. The predicted molar refractivity (Wildman–Crippen MR) is 59.6 cm³/mol. The van der Waals surface area contributed by atoms with Gasteiger partial charge in [0.2, 0.25) is 5.91 Å². The van der Waals surface area contributed by atoms with Crippen LogP contribution < -0.4 is 0 Å². The summed E-state index contributed by atoms with van der Waals surface area (Å²) in [7, 11) is 1.70. The normalized spacial score (nSPS) is 10.1. The highest BCUT2D eigenvalue weighted by Gasteiger charge is 2.06. The fraction of sp³-hybridized carbons (Fsp3) is 0.417. The molecule has 0 heterocycles. The van der Waals surface area contributed by atoms with E-state index >= 15 is 0 Å². The highest BCUT2D eigenvalue weighted by atomic mass is 16.3. The molecule has 3 heteroatoms. The van der Waals surface area contributed by atoms with Crippen molar-refractivity contribution in [3.63, 3.8) is 0 Å². The molecule has 0 saturated heterocycles. The van der Waals surface area contributed by atoms with Gasteiger partial charge in [-0.15, -0.1) is 0 Å². The SMILES string of the molecule is Cc1cccc(CCN(C)C(=O)CO)c1. The number of hydrogen-bond donors (Lipinski definition) is 1. The van der Waals surface area contributed by atoms with Crippen LogP contribution in [0.2, 0.25) is 0 Å². The first-order chi connectivity index (χ1) is 7.13. The van der Waals surface area contributed by atoms with Crippen LogP contribution in [0.5, 0.6) is 0 Å². The van der Waals surface area contributed by atoms with Gasteiger partial charge in [-0.2, -0.15) is 0 Å². The number of rotatable bonds is 4. The molecule has 0 radical (unpaired) electrons. The van der Waals surface area contributed by atoms with Crippen LogP contribution in [0.1, 0.15) is 11.1 Å². The smallest absolute Gasteiger partial charge is 0.248 e. The molecule has 1 aromatic rings. The molecule has 0 fully saturated rings. The maximum atomic E-state index is 11.1. The number of hydrogen-bond acceptors (Lipinski definition) is 2. The highest BCUT2D eigenvalue weighted by Crippen LogP contribution is 2.05. The number of aliphatic hydroxyl groups excluding tert-OH is 1. The Labute approximate surface area is 90.3 Å². The zero-order valence-corrected chi connectivity index (χ0v) is 9.23. The number of amides is 1. The predicted octanol–water partition coefficient (Wildman–Crippen LogP) is 0.988. The van der Waals surface area contributed by atoms with Crippen molar-refractivity contribution in [2.75, 3.05) is 20.2 Å². The van der Waals surface area contributed by atoms with Gasteiger partial charge in [0.25, 0.3) is 0 Å². The van der Waals surface area contributed by atoms with Crippen molar-refractivity contribution in [1.82, 2.24) is 4.90 Å². The number of nitrogens with zero attached hydrogens (tertiary/aromatic N) is 1. The van der Waals surface area contributed by atoms with Gasteiger partial charge >= 0.3 is 0 Å². The van der Waals surface area contributed by atoms with Crippen LogP contribution in [0.3, 0.4) is 0 Å². The Balaban J connectivity index is 2.47. The van der Waals surface area contributed by atoms with Crippen LogP contribution in [0.25, 0.3) is 0 Å². The summed E-state index contributed by atoms with van der Waals surface area (Å²) in [5.74, 6) is -0.234. The van der Waals surface area contributed by atoms with Gasteiger partial charge in [-0.05, 0) is 18.9 Å². The molecule has 0 aliphatic carbocycles. The van der Waals surface area contributed by atoms with Crippen LogP contribution in [0.15, 0.2) is 24.3 Å². The van der Waals surface area contributed by atoms with E-state index in [4.69, 9.17) is 5.11 Å². The molecule has 0 aromatic heterocycles. The summed E-state index contributed by atoms with van der Waals surface area (Å²) < 4.78 is 0. The van der Waals surface area contributed by atoms with E-state index in [1.54, 1.807) is 11.9 Å². The first kappa shape index (κ1) is 11.7. The van der Waals surface area contributed by atoms with Crippen molar-refractivity contribution in [1.29, 1.82) is 0 Å². The number of likely N-dealkylation sites (N-methyl/N-ethyl adjacent to an activating group) is 1. The molecule has 1 amide bonds. The minimum Gasteiger partial charge on any atom is -0.387 e. The van der Waals surface area contributed by atoms with Crippen LogP contribution in [-0.4, -0.2) is 36.1 Å². The first-order valence-electron chi connectivity index (χ1n) is 5.04. The Hall–Kier alpha value is -1.35. The number of aliphatic hydroxyl groups is 1. The van der Waals surface area contributed by atoms with Crippen molar-refractivity contribution in [2.24, 2.45) is 0 Å². The highest BCUT2D eigenvalue weighted by molar-refractivity contribution is 5.76. The van der Waals surface area contributed by atoms with Gasteiger partial charge in [-0.25, -0.2) is 0 Å². The van der Waals surface area contributed by atoms with Crippen molar-refractivity contribution < 1.29 is 9.90 Å². The van der Waals surface area contributed by atoms with E-state index in [2.05, 4.69) is 6.07 Å². The van der Waals surface area contributed by atoms with Gasteiger partial charge in [0.05, 0.1) is 0 Å². The van der Waals surface area contributed by atoms with Crippen LogP contribution >= 0.6 is 0 Å². The van der Waals surface area contributed by atoms with E-state index in [0.717, 1.165) is 6.42 Å². The maximum Gasteiger partial charge on any atom is 0.248 e. The van der Waals surface area contributed by atoms with Crippen molar-refractivity contribution >= 4 is 5.91 Å². The van der Waals surface area contributed by atoms with Crippen molar-refractivity contribution in [2.45, 2.75) is 13.3 Å². The van der Waals surface area contributed by atoms with E-state index in [0.29, 0.717) is 6.54 Å². The molecule has 1 aromatic carbocycles. The topological polar surface area (TPSA) is 40.5 Å². The van der Waals surface area contributed by atoms with Gasteiger partial charge in [-0.1, -0.05) is 29.8 Å². The van der Waals surface area contributed by atoms with Gasteiger partial charge < -0.3 is 10.0 Å². The third-order valence-corrected chi connectivity index (χ3v) is 2.38. The van der Waals surface area contributed by atoms with Crippen molar-refractivity contribution in [3.8, 4) is 0 Å². The van der Waals surface area contributed by atoms with Crippen LogP contribution in [-0.2, 0) is 11.2 Å². The summed E-state index contributed by atoms with van der Waals surface area (Å²) in [6.07, 6.45) is 0.823. The summed E-state index contributed by atoms with van der Waals surface area (Å²) in [4.78, 5) is 12.6. The van der Waals surface area contributed by atoms with E-state index < -0.39 is 6.61 Å². The number of carbonyl (C=O) groups excluding carboxylic acids is 1. The average molecular weight is 207 g/mol.